The molecule has 21 heavy (non-hydrogen) atoms. The third kappa shape index (κ3) is 4.56. The van der Waals surface area contributed by atoms with Crippen molar-refractivity contribution in [2.45, 2.75) is 71.1 Å². The first-order valence-corrected chi connectivity index (χ1v) is 8.11. The van der Waals surface area contributed by atoms with Gasteiger partial charge in [-0.2, -0.15) is 0 Å². The van der Waals surface area contributed by atoms with Gasteiger partial charge in [0.15, 0.2) is 0 Å². The summed E-state index contributed by atoms with van der Waals surface area (Å²) < 4.78 is 5.69. The van der Waals surface area contributed by atoms with Crippen LogP contribution < -0.4 is 15.4 Å². The average Bonchev–Trinajstić information content (AvgIpc) is 2.45. The molecule has 118 valence electrons. The summed E-state index contributed by atoms with van der Waals surface area (Å²) >= 11 is 0. The number of aromatic nitrogens is 2. The van der Waals surface area contributed by atoms with Crippen molar-refractivity contribution in [2.75, 3.05) is 11.4 Å². The highest BCUT2D eigenvalue weighted by Crippen LogP contribution is 2.27. The van der Waals surface area contributed by atoms with Gasteiger partial charge in [0, 0.05) is 24.7 Å². The highest BCUT2D eigenvalue weighted by molar-refractivity contribution is 5.42. The van der Waals surface area contributed by atoms with E-state index in [2.05, 4.69) is 21.8 Å². The molecular weight excluding hydrogens is 264 g/mol. The minimum atomic E-state index is 0.125. The quantitative estimate of drug-likeness (QED) is 0.873. The predicted octanol–water partition coefficient (Wildman–Crippen LogP) is 2.75. The third-order valence-corrected chi connectivity index (χ3v) is 3.92. The molecule has 0 unspecified atom stereocenters. The monoisotopic (exact) mass is 292 g/mol. The van der Waals surface area contributed by atoms with E-state index in [-0.39, 0.29) is 6.10 Å². The number of ether oxygens (including phenoxy) is 1. The molecule has 1 aromatic heterocycles. The van der Waals surface area contributed by atoms with E-state index in [4.69, 9.17) is 10.5 Å². The highest BCUT2D eigenvalue weighted by Gasteiger charge is 2.25. The second kappa shape index (κ2) is 7.59. The Bertz CT molecular complexity index is 430. The lowest BCUT2D eigenvalue weighted by Crippen LogP contribution is -2.41. The molecule has 0 bridgehead atoms. The van der Waals surface area contributed by atoms with Gasteiger partial charge in [0.05, 0.1) is 6.10 Å². The van der Waals surface area contributed by atoms with Crippen LogP contribution in [0.1, 0.15) is 52.9 Å². The lowest BCUT2D eigenvalue weighted by molar-refractivity contribution is 0.232. The summed E-state index contributed by atoms with van der Waals surface area (Å²) in [5.74, 6) is 1.63. The molecule has 0 aliphatic heterocycles. The standard InChI is InChI=1S/C16H28N4O/c1-4-9-20(14-7-5-13(17)6-8-14)15-10-16(19-11-18-15)21-12(2)3/h10-14H,4-9,17H2,1-3H3. The second-order valence-electron chi connectivity index (χ2n) is 6.14. The van der Waals surface area contributed by atoms with Gasteiger partial charge in [-0.15, -0.1) is 0 Å². The van der Waals surface area contributed by atoms with E-state index in [1.165, 1.54) is 0 Å². The molecule has 1 saturated carbocycles. The Balaban J connectivity index is 2.13. The molecule has 0 atom stereocenters. The molecule has 0 saturated heterocycles. The maximum atomic E-state index is 6.02. The van der Waals surface area contributed by atoms with Crippen molar-refractivity contribution in [3.05, 3.63) is 12.4 Å². The number of anilines is 1. The van der Waals surface area contributed by atoms with Gasteiger partial charge < -0.3 is 15.4 Å². The fourth-order valence-corrected chi connectivity index (χ4v) is 2.93. The molecule has 1 aromatic rings. The van der Waals surface area contributed by atoms with Gasteiger partial charge in [0.25, 0.3) is 0 Å². The second-order valence-corrected chi connectivity index (χ2v) is 6.14. The van der Waals surface area contributed by atoms with Crippen LogP contribution in [0.15, 0.2) is 12.4 Å². The van der Waals surface area contributed by atoms with Crippen LogP contribution in [0.25, 0.3) is 0 Å². The molecule has 5 nitrogen and oxygen atoms in total. The average molecular weight is 292 g/mol. The summed E-state index contributed by atoms with van der Waals surface area (Å²) in [5.41, 5.74) is 6.02. The fraction of sp³-hybridized carbons (Fsp3) is 0.750. The molecular formula is C16H28N4O. The summed E-state index contributed by atoms with van der Waals surface area (Å²) in [6, 6.07) is 2.87. The summed E-state index contributed by atoms with van der Waals surface area (Å²) in [6.45, 7) is 7.23. The Kier molecular flexibility index (Phi) is 5.79. The maximum Gasteiger partial charge on any atom is 0.218 e. The molecule has 0 amide bonds. The van der Waals surface area contributed by atoms with Crippen molar-refractivity contribution in [1.82, 2.24) is 9.97 Å². The zero-order chi connectivity index (χ0) is 15.2. The van der Waals surface area contributed by atoms with Crippen LogP contribution in [0, 0.1) is 0 Å². The molecule has 1 aliphatic carbocycles. The van der Waals surface area contributed by atoms with Crippen molar-refractivity contribution in [3.8, 4) is 5.88 Å². The smallest absolute Gasteiger partial charge is 0.218 e. The van der Waals surface area contributed by atoms with Gasteiger partial charge in [-0.25, -0.2) is 9.97 Å². The van der Waals surface area contributed by atoms with E-state index < -0.39 is 0 Å². The highest BCUT2D eigenvalue weighted by atomic mass is 16.5. The number of hydrogen-bond acceptors (Lipinski definition) is 5. The van der Waals surface area contributed by atoms with Crippen molar-refractivity contribution in [1.29, 1.82) is 0 Å². The lowest BCUT2D eigenvalue weighted by atomic mass is 9.90. The lowest BCUT2D eigenvalue weighted by Gasteiger charge is -2.36. The van der Waals surface area contributed by atoms with Crippen molar-refractivity contribution in [3.63, 3.8) is 0 Å². The van der Waals surface area contributed by atoms with Crippen LogP contribution in [0.3, 0.4) is 0 Å². The Hall–Kier alpha value is -1.36. The zero-order valence-corrected chi connectivity index (χ0v) is 13.5. The Morgan fingerprint density at radius 1 is 1.29 bits per heavy atom. The minimum Gasteiger partial charge on any atom is -0.475 e. The summed E-state index contributed by atoms with van der Waals surface area (Å²) in [7, 11) is 0. The van der Waals surface area contributed by atoms with E-state index in [9.17, 15) is 0 Å². The maximum absolute atomic E-state index is 6.02. The Labute approximate surface area is 127 Å². The van der Waals surface area contributed by atoms with Gasteiger partial charge in [-0.1, -0.05) is 6.92 Å². The van der Waals surface area contributed by atoms with E-state index in [1.807, 2.05) is 19.9 Å². The first-order valence-electron chi connectivity index (χ1n) is 8.11. The van der Waals surface area contributed by atoms with Crippen LogP contribution in [0.2, 0.25) is 0 Å². The summed E-state index contributed by atoms with van der Waals surface area (Å²) in [4.78, 5) is 11.1. The van der Waals surface area contributed by atoms with Crippen LogP contribution in [-0.4, -0.2) is 34.7 Å². The molecule has 2 N–H and O–H groups in total. The van der Waals surface area contributed by atoms with E-state index >= 15 is 0 Å². The Morgan fingerprint density at radius 3 is 2.62 bits per heavy atom. The van der Waals surface area contributed by atoms with Gasteiger partial charge in [-0.05, 0) is 46.0 Å². The van der Waals surface area contributed by atoms with Gasteiger partial charge >= 0.3 is 0 Å². The van der Waals surface area contributed by atoms with E-state index in [0.29, 0.717) is 18.0 Å². The number of nitrogens with two attached hydrogens (primary N) is 1. The summed E-state index contributed by atoms with van der Waals surface area (Å²) in [6.07, 6.45) is 7.32. The first-order chi connectivity index (χ1) is 10.1. The van der Waals surface area contributed by atoms with Gasteiger partial charge in [-0.3, -0.25) is 0 Å². The topological polar surface area (TPSA) is 64.3 Å². The fourth-order valence-electron chi connectivity index (χ4n) is 2.93. The van der Waals surface area contributed by atoms with E-state index in [0.717, 1.165) is 44.5 Å². The van der Waals surface area contributed by atoms with Crippen molar-refractivity contribution >= 4 is 5.82 Å². The molecule has 0 radical (unpaired) electrons. The zero-order valence-electron chi connectivity index (χ0n) is 13.5. The first kappa shape index (κ1) is 16.0. The predicted molar refractivity (Wildman–Crippen MR) is 85.7 cm³/mol. The summed E-state index contributed by atoms with van der Waals surface area (Å²) in [5, 5.41) is 0. The molecule has 1 heterocycles. The van der Waals surface area contributed by atoms with E-state index in [1.54, 1.807) is 6.33 Å². The van der Waals surface area contributed by atoms with Crippen molar-refractivity contribution < 1.29 is 4.74 Å². The number of hydrogen-bond donors (Lipinski definition) is 1. The van der Waals surface area contributed by atoms with Crippen LogP contribution in [-0.2, 0) is 0 Å². The SMILES string of the molecule is CCCN(c1cc(OC(C)C)ncn1)C1CCC(N)CC1. The van der Waals surface area contributed by atoms with Crippen LogP contribution in [0.5, 0.6) is 5.88 Å². The number of nitrogens with zero attached hydrogens (tertiary/aromatic N) is 3. The van der Waals surface area contributed by atoms with Crippen molar-refractivity contribution in [2.24, 2.45) is 5.73 Å². The molecule has 1 fully saturated rings. The molecule has 0 spiro atoms. The molecule has 2 rings (SSSR count). The minimum absolute atomic E-state index is 0.125. The molecule has 5 heteroatoms. The largest absolute Gasteiger partial charge is 0.475 e. The van der Waals surface area contributed by atoms with Crippen LogP contribution >= 0.6 is 0 Å². The number of rotatable bonds is 6. The van der Waals surface area contributed by atoms with Gasteiger partial charge in [0.2, 0.25) is 5.88 Å². The van der Waals surface area contributed by atoms with Crippen LogP contribution in [0.4, 0.5) is 5.82 Å². The Morgan fingerprint density at radius 2 is 2.00 bits per heavy atom. The normalized spacial score (nSPS) is 22.3. The molecule has 0 aromatic carbocycles. The third-order valence-electron chi connectivity index (χ3n) is 3.92. The van der Waals surface area contributed by atoms with Gasteiger partial charge in [0.1, 0.15) is 12.1 Å². The molecule has 1 aliphatic rings.